The van der Waals surface area contributed by atoms with Crippen LogP contribution >= 0.6 is 0 Å². The highest BCUT2D eigenvalue weighted by Gasteiger charge is 2.18. The van der Waals surface area contributed by atoms with E-state index in [1.807, 2.05) is 0 Å². The van der Waals surface area contributed by atoms with Gasteiger partial charge in [-0.1, -0.05) is 0 Å². The van der Waals surface area contributed by atoms with E-state index in [9.17, 15) is 8.78 Å². The van der Waals surface area contributed by atoms with E-state index in [0.29, 0.717) is 13.2 Å². The molecule has 0 unspecified atom stereocenters. The zero-order chi connectivity index (χ0) is 13.8. The van der Waals surface area contributed by atoms with E-state index in [1.165, 1.54) is 0 Å². The molecule has 0 radical (unpaired) electrons. The quantitative estimate of drug-likeness (QED) is 0.650. The van der Waals surface area contributed by atoms with Crippen molar-refractivity contribution in [2.45, 2.75) is 12.8 Å². The van der Waals surface area contributed by atoms with Gasteiger partial charge >= 0.3 is 0 Å². The van der Waals surface area contributed by atoms with Crippen LogP contribution in [0.4, 0.5) is 8.78 Å². The first kappa shape index (κ1) is 13.7. The third kappa shape index (κ3) is 3.41. The van der Waals surface area contributed by atoms with Gasteiger partial charge in [-0.3, -0.25) is 5.41 Å². The van der Waals surface area contributed by atoms with E-state index < -0.39 is 17.4 Å². The molecule has 0 bridgehead atoms. The minimum atomic E-state index is -0.836. The third-order valence-corrected chi connectivity index (χ3v) is 3.11. The van der Waals surface area contributed by atoms with Crippen LogP contribution in [0.15, 0.2) is 12.1 Å². The summed E-state index contributed by atoms with van der Waals surface area (Å²) in [6, 6.07) is 2.01. The number of hydrogen-bond donors (Lipinski definition) is 2. The van der Waals surface area contributed by atoms with Crippen molar-refractivity contribution in [3.63, 3.8) is 0 Å². The summed E-state index contributed by atoms with van der Waals surface area (Å²) in [7, 11) is 0. The normalized spacial score (nSPS) is 16.3. The highest BCUT2D eigenvalue weighted by molar-refractivity contribution is 5.95. The van der Waals surface area contributed by atoms with Crippen LogP contribution in [-0.4, -0.2) is 25.7 Å². The molecule has 4 nitrogen and oxygen atoms in total. The fourth-order valence-electron chi connectivity index (χ4n) is 1.97. The zero-order valence-corrected chi connectivity index (χ0v) is 10.4. The molecule has 3 N–H and O–H groups in total. The number of ether oxygens (including phenoxy) is 2. The van der Waals surface area contributed by atoms with Crippen LogP contribution in [-0.2, 0) is 4.74 Å². The summed E-state index contributed by atoms with van der Waals surface area (Å²) in [5.41, 5.74) is 5.20. The van der Waals surface area contributed by atoms with E-state index in [0.717, 1.165) is 25.0 Å². The lowest BCUT2D eigenvalue weighted by molar-refractivity contribution is 0.0485. The Labute approximate surface area is 110 Å². The Bertz CT molecular complexity index is 451. The Morgan fingerprint density at radius 2 is 1.89 bits per heavy atom. The molecule has 0 atom stereocenters. The van der Waals surface area contributed by atoms with Gasteiger partial charge in [-0.05, 0) is 30.9 Å². The predicted molar refractivity (Wildman–Crippen MR) is 66.4 cm³/mol. The van der Waals surface area contributed by atoms with Gasteiger partial charge in [0.15, 0.2) is 17.4 Å². The molecule has 1 saturated heterocycles. The summed E-state index contributed by atoms with van der Waals surface area (Å²) in [5, 5.41) is 7.15. The van der Waals surface area contributed by atoms with Crippen LogP contribution in [0.3, 0.4) is 0 Å². The van der Waals surface area contributed by atoms with Gasteiger partial charge in [0, 0.05) is 18.8 Å². The van der Waals surface area contributed by atoms with E-state index >= 15 is 0 Å². The van der Waals surface area contributed by atoms with Crippen molar-refractivity contribution in [2.75, 3.05) is 19.8 Å². The highest BCUT2D eigenvalue weighted by atomic mass is 19.1. The largest absolute Gasteiger partial charge is 0.487 e. The molecule has 104 valence electrons. The fourth-order valence-corrected chi connectivity index (χ4v) is 1.97. The van der Waals surface area contributed by atoms with Crippen LogP contribution in [0, 0.1) is 23.0 Å². The number of nitrogens with two attached hydrogens (primary N) is 1. The molecule has 6 heteroatoms. The summed E-state index contributed by atoms with van der Waals surface area (Å²) in [6.45, 7) is 1.57. The minimum absolute atomic E-state index is 0.00779. The van der Waals surface area contributed by atoms with Gasteiger partial charge in [0.05, 0.1) is 6.61 Å². The van der Waals surface area contributed by atoms with Crippen LogP contribution in [0.2, 0.25) is 0 Å². The molecule has 1 heterocycles. The lowest BCUT2D eigenvalue weighted by Gasteiger charge is -2.22. The maximum absolute atomic E-state index is 13.7. The summed E-state index contributed by atoms with van der Waals surface area (Å²) in [4.78, 5) is 0. The van der Waals surface area contributed by atoms with Gasteiger partial charge in [0.25, 0.3) is 0 Å². The number of amidine groups is 1. The first-order valence-corrected chi connectivity index (χ1v) is 6.12. The van der Waals surface area contributed by atoms with Crippen LogP contribution in [0.25, 0.3) is 0 Å². The predicted octanol–water partition coefficient (Wildman–Crippen LogP) is 2.05. The van der Waals surface area contributed by atoms with E-state index in [4.69, 9.17) is 20.6 Å². The smallest absolute Gasteiger partial charge is 0.190 e. The van der Waals surface area contributed by atoms with Crippen molar-refractivity contribution >= 4 is 5.84 Å². The van der Waals surface area contributed by atoms with Crippen molar-refractivity contribution in [3.05, 3.63) is 29.3 Å². The SMILES string of the molecule is N=C(N)c1cc(F)c(OCC2CCOCC2)c(F)c1. The van der Waals surface area contributed by atoms with Gasteiger partial charge in [0.2, 0.25) is 0 Å². The number of rotatable bonds is 4. The number of nitrogens with one attached hydrogen (secondary N) is 1. The second-order valence-electron chi connectivity index (χ2n) is 4.55. The molecular formula is C13H16F2N2O2. The Kier molecular flexibility index (Phi) is 4.31. The summed E-state index contributed by atoms with van der Waals surface area (Å²) < 4.78 is 37.8. The molecule has 19 heavy (non-hydrogen) atoms. The molecule has 1 aliphatic rings. The molecule has 0 saturated carbocycles. The average Bonchev–Trinajstić information content (AvgIpc) is 2.38. The fraction of sp³-hybridized carbons (Fsp3) is 0.462. The molecular weight excluding hydrogens is 254 g/mol. The lowest BCUT2D eigenvalue weighted by atomic mass is 10.0. The first-order valence-electron chi connectivity index (χ1n) is 6.12. The number of benzene rings is 1. The number of nitrogen functional groups attached to an aromatic ring is 1. The summed E-state index contributed by atoms with van der Waals surface area (Å²) in [5.74, 6) is -2.21. The Morgan fingerprint density at radius 1 is 1.32 bits per heavy atom. The molecule has 0 aliphatic carbocycles. The van der Waals surface area contributed by atoms with Gasteiger partial charge in [0.1, 0.15) is 5.84 Å². The van der Waals surface area contributed by atoms with E-state index in [-0.39, 0.29) is 23.9 Å². The molecule has 2 rings (SSSR count). The molecule has 1 aliphatic heterocycles. The van der Waals surface area contributed by atoms with Crippen molar-refractivity contribution in [2.24, 2.45) is 11.7 Å². The maximum Gasteiger partial charge on any atom is 0.190 e. The number of halogens is 2. The van der Waals surface area contributed by atoms with Crippen LogP contribution in [0.1, 0.15) is 18.4 Å². The maximum atomic E-state index is 13.7. The van der Waals surface area contributed by atoms with Crippen molar-refractivity contribution in [1.82, 2.24) is 0 Å². The molecule has 0 aromatic heterocycles. The molecule has 0 amide bonds. The number of hydrogen-bond acceptors (Lipinski definition) is 3. The Balaban J connectivity index is 2.05. The third-order valence-electron chi connectivity index (χ3n) is 3.11. The monoisotopic (exact) mass is 270 g/mol. The van der Waals surface area contributed by atoms with Crippen molar-refractivity contribution in [1.29, 1.82) is 5.41 Å². The van der Waals surface area contributed by atoms with E-state index in [1.54, 1.807) is 0 Å². The first-order chi connectivity index (χ1) is 9.08. The molecule has 0 spiro atoms. The lowest BCUT2D eigenvalue weighted by Crippen LogP contribution is -2.22. The van der Waals surface area contributed by atoms with Gasteiger partial charge in [-0.15, -0.1) is 0 Å². The zero-order valence-electron chi connectivity index (χ0n) is 10.4. The topological polar surface area (TPSA) is 68.3 Å². The second-order valence-corrected chi connectivity index (χ2v) is 4.55. The Hall–Kier alpha value is -1.69. The summed E-state index contributed by atoms with van der Waals surface area (Å²) >= 11 is 0. The van der Waals surface area contributed by atoms with Crippen molar-refractivity contribution < 1.29 is 18.3 Å². The highest BCUT2D eigenvalue weighted by Crippen LogP contribution is 2.25. The van der Waals surface area contributed by atoms with E-state index in [2.05, 4.69) is 0 Å². The standard InChI is InChI=1S/C13H16F2N2O2/c14-10-5-9(13(16)17)6-11(15)12(10)19-7-8-1-3-18-4-2-8/h5-6,8H,1-4,7H2,(H3,16,17). The molecule has 1 aromatic rings. The van der Waals surface area contributed by atoms with Gasteiger partial charge in [-0.2, -0.15) is 0 Å². The Morgan fingerprint density at radius 3 is 2.42 bits per heavy atom. The summed E-state index contributed by atoms with van der Waals surface area (Å²) in [6.07, 6.45) is 1.66. The van der Waals surface area contributed by atoms with Crippen LogP contribution < -0.4 is 10.5 Å². The second kappa shape index (κ2) is 5.97. The molecule has 1 fully saturated rings. The van der Waals surface area contributed by atoms with Gasteiger partial charge in [-0.25, -0.2) is 8.78 Å². The minimum Gasteiger partial charge on any atom is -0.487 e. The van der Waals surface area contributed by atoms with Gasteiger partial charge < -0.3 is 15.2 Å². The van der Waals surface area contributed by atoms with Crippen molar-refractivity contribution in [3.8, 4) is 5.75 Å². The molecule has 1 aromatic carbocycles. The average molecular weight is 270 g/mol. The van der Waals surface area contributed by atoms with Crippen LogP contribution in [0.5, 0.6) is 5.75 Å².